The van der Waals surface area contributed by atoms with Gasteiger partial charge in [0, 0.05) is 31.4 Å². The number of sulfone groups is 1. The van der Waals surface area contributed by atoms with Gasteiger partial charge < -0.3 is 10.2 Å². The van der Waals surface area contributed by atoms with Gasteiger partial charge in [-0.1, -0.05) is 13.8 Å². The molecule has 7 heteroatoms. The number of rotatable bonds is 6. The van der Waals surface area contributed by atoms with Gasteiger partial charge in [-0.05, 0) is 24.7 Å². The third-order valence-corrected chi connectivity index (χ3v) is 7.62. The van der Waals surface area contributed by atoms with Gasteiger partial charge in [0.25, 0.3) is 0 Å². The summed E-state index contributed by atoms with van der Waals surface area (Å²) >= 11 is 1.48. The molecule has 2 rings (SSSR count). The minimum absolute atomic E-state index is 0.0207. The van der Waals surface area contributed by atoms with Crippen molar-refractivity contribution in [2.45, 2.75) is 31.9 Å². The topological polar surface area (TPSA) is 66.5 Å². The van der Waals surface area contributed by atoms with E-state index in [1.54, 1.807) is 0 Å². The van der Waals surface area contributed by atoms with E-state index in [4.69, 9.17) is 0 Å². The summed E-state index contributed by atoms with van der Waals surface area (Å²) in [7, 11) is -2.84. The fraction of sp³-hybridized carbons (Fsp3) is 0.933. The molecule has 1 amide bonds. The van der Waals surface area contributed by atoms with Crippen molar-refractivity contribution in [1.29, 1.82) is 0 Å². The molecule has 2 saturated heterocycles. The molecule has 2 fully saturated rings. The van der Waals surface area contributed by atoms with Gasteiger partial charge in [-0.2, -0.15) is 0 Å². The van der Waals surface area contributed by atoms with Crippen molar-refractivity contribution < 1.29 is 13.2 Å². The molecule has 22 heavy (non-hydrogen) atoms. The third-order valence-electron chi connectivity index (χ3n) is 4.34. The predicted molar refractivity (Wildman–Crippen MR) is 91.9 cm³/mol. The average molecular weight is 349 g/mol. The van der Waals surface area contributed by atoms with E-state index in [0.717, 1.165) is 31.5 Å². The first-order valence-corrected chi connectivity index (χ1v) is 11.0. The number of carbonyl (C=O) groups excluding carboxylic acids is 1. The van der Waals surface area contributed by atoms with Crippen LogP contribution in [0.1, 0.15) is 26.7 Å². The summed E-state index contributed by atoms with van der Waals surface area (Å²) in [5, 5.41) is 3.05. The SMILES string of the molecule is C[C@@H]1C[C@@H](C)CN(CCNC(=O)CS[C@@H]2CCS(=O)(=O)C2)C1. The zero-order valence-electron chi connectivity index (χ0n) is 13.6. The Hall–Kier alpha value is -0.270. The van der Waals surface area contributed by atoms with Gasteiger partial charge in [-0.3, -0.25) is 4.79 Å². The molecule has 0 aromatic carbocycles. The van der Waals surface area contributed by atoms with Crippen molar-refractivity contribution in [2.24, 2.45) is 11.8 Å². The first kappa shape index (κ1) is 18.1. The van der Waals surface area contributed by atoms with E-state index in [9.17, 15) is 13.2 Å². The molecule has 128 valence electrons. The van der Waals surface area contributed by atoms with Crippen molar-refractivity contribution in [3.63, 3.8) is 0 Å². The molecule has 0 aliphatic carbocycles. The van der Waals surface area contributed by atoms with Crippen LogP contribution in [-0.2, 0) is 14.6 Å². The molecule has 0 aromatic rings. The first-order valence-electron chi connectivity index (χ1n) is 8.15. The Morgan fingerprint density at radius 1 is 1.27 bits per heavy atom. The summed E-state index contributed by atoms with van der Waals surface area (Å²) in [5.74, 6) is 2.37. The van der Waals surface area contributed by atoms with Crippen LogP contribution < -0.4 is 5.32 Å². The van der Waals surface area contributed by atoms with E-state index in [1.165, 1.54) is 18.2 Å². The smallest absolute Gasteiger partial charge is 0.230 e. The number of piperidine rings is 1. The minimum atomic E-state index is -2.84. The summed E-state index contributed by atoms with van der Waals surface area (Å²) in [6.07, 6.45) is 1.98. The monoisotopic (exact) mass is 348 g/mol. The highest BCUT2D eigenvalue weighted by Crippen LogP contribution is 2.24. The van der Waals surface area contributed by atoms with Crippen LogP contribution in [0.2, 0.25) is 0 Å². The van der Waals surface area contributed by atoms with Crippen LogP contribution >= 0.6 is 11.8 Å². The second-order valence-corrected chi connectivity index (χ2v) is 10.4. The standard InChI is InChI=1S/C15H28N2O3S2/c1-12-7-13(2)9-17(8-12)5-4-16-15(18)10-21-14-3-6-22(19,20)11-14/h12-14H,3-11H2,1-2H3,(H,16,18)/t12-,13-,14-/m1/s1. The van der Waals surface area contributed by atoms with Gasteiger partial charge >= 0.3 is 0 Å². The fourth-order valence-corrected chi connectivity index (χ4v) is 6.94. The molecule has 1 N–H and O–H groups in total. The highest BCUT2D eigenvalue weighted by molar-refractivity contribution is 8.02. The van der Waals surface area contributed by atoms with Gasteiger partial charge in [0.15, 0.2) is 9.84 Å². The maximum absolute atomic E-state index is 11.8. The number of nitrogens with zero attached hydrogens (tertiary/aromatic N) is 1. The largest absolute Gasteiger partial charge is 0.354 e. The summed E-state index contributed by atoms with van der Waals surface area (Å²) in [6, 6.07) is 0. The molecule has 5 nitrogen and oxygen atoms in total. The van der Waals surface area contributed by atoms with Crippen molar-refractivity contribution in [1.82, 2.24) is 10.2 Å². The summed E-state index contributed by atoms with van der Waals surface area (Å²) in [5.41, 5.74) is 0. The summed E-state index contributed by atoms with van der Waals surface area (Å²) in [4.78, 5) is 14.3. The molecule has 0 spiro atoms. The maximum atomic E-state index is 11.8. The Morgan fingerprint density at radius 3 is 2.55 bits per heavy atom. The molecular weight excluding hydrogens is 320 g/mol. The molecule has 0 unspecified atom stereocenters. The van der Waals surface area contributed by atoms with E-state index in [1.807, 2.05) is 0 Å². The second kappa shape index (κ2) is 8.02. The Kier molecular flexibility index (Phi) is 6.58. The van der Waals surface area contributed by atoms with Crippen molar-refractivity contribution >= 4 is 27.5 Å². The van der Waals surface area contributed by atoms with Crippen LogP contribution in [0.4, 0.5) is 0 Å². The lowest BCUT2D eigenvalue weighted by atomic mass is 9.92. The van der Waals surface area contributed by atoms with Crippen molar-refractivity contribution in [2.75, 3.05) is 43.4 Å². The van der Waals surface area contributed by atoms with E-state index in [-0.39, 0.29) is 22.7 Å². The lowest BCUT2D eigenvalue weighted by Gasteiger charge is -2.34. The van der Waals surface area contributed by atoms with Gasteiger partial charge in [0.05, 0.1) is 17.3 Å². The lowest BCUT2D eigenvalue weighted by molar-refractivity contribution is -0.118. The molecule has 0 radical (unpaired) electrons. The Bertz CT molecular complexity index is 471. The second-order valence-electron chi connectivity index (χ2n) is 6.89. The maximum Gasteiger partial charge on any atom is 0.230 e. The predicted octanol–water partition coefficient (Wildman–Crippen LogP) is 1.00. The van der Waals surface area contributed by atoms with Crippen molar-refractivity contribution in [3.8, 4) is 0 Å². The highest BCUT2D eigenvalue weighted by atomic mass is 32.2. The minimum Gasteiger partial charge on any atom is -0.354 e. The Labute approximate surface area is 138 Å². The highest BCUT2D eigenvalue weighted by Gasteiger charge is 2.28. The number of nitrogens with one attached hydrogen (secondary N) is 1. The molecule has 2 aliphatic heterocycles. The summed E-state index contributed by atoms with van der Waals surface area (Å²) < 4.78 is 22.7. The van der Waals surface area contributed by atoms with E-state index >= 15 is 0 Å². The van der Waals surface area contributed by atoms with Crippen LogP contribution in [-0.4, -0.2) is 67.9 Å². The molecule has 2 aliphatic rings. The average Bonchev–Trinajstić information content (AvgIpc) is 2.75. The zero-order valence-corrected chi connectivity index (χ0v) is 15.2. The normalized spacial score (nSPS) is 32.0. The summed E-state index contributed by atoms with van der Waals surface area (Å²) in [6.45, 7) is 8.40. The Balaban J connectivity index is 1.58. The first-order chi connectivity index (χ1) is 10.3. The number of thioether (sulfide) groups is 1. The molecular formula is C15H28N2O3S2. The Morgan fingerprint density at radius 2 is 1.95 bits per heavy atom. The number of likely N-dealkylation sites (tertiary alicyclic amines) is 1. The molecule has 2 heterocycles. The third kappa shape index (κ3) is 6.08. The zero-order chi connectivity index (χ0) is 16.2. The van der Waals surface area contributed by atoms with Gasteiger partial charge in [-0.15, -0.1) is 11.8 Å². The quantitative estimate of drug-likeness (QED) is 0.776. The van der Waals surface area contributed by atoms with Crippen LogP contribution in [0.15, 0.2) is 0 Å². The fourth-order valence-electron chi connectivity index (χ4n) is 3.46. The van der Waals surface area contributed by atoms with Crippen LogP contribution in [0.5, 0.6) is 0 Å². The van der Waals surface area contributed by atoms with E-state index in [0.29, 0.717) is 18.7 Å². The van der Waals surface area contributed by atoms with Gasteiger partial charge in [0.2, 0.25) is 5.91 Å². The molecule has 3 atom stereocenters. The molecule has 0 aromatic heterocycles. The van der Waals surface area contributed by atoms with Crippen LogP contribution in [0.3, 0.4) is 0 Å². The number of amides is 1. The lowest BCUT2D eigenvalue weighted by Crippen LogP contribution is -2.43. The van der Waals surface area contributed by atoms with E-state index < -0.39 is 9.84 Å². The van der Waals surface area contributed by atoms with Crippen LogP contribution in [0, 0.1) is 11.8 Å². The van der Waals surface area contributed by atoms with Crippen molar-refractivity contribution in [3.05, 3.63) is 0 Å². The molecule has 0 bridgehead atoms. The number of hydrogen-bond acceptors (Lipinski definition) is 5. The van der Waals surface area contributed by atoms with Gasteiger partial charge in [-0.25, -0.2) is 8.42 Å². The van der Waals surface area contributed by atoms with E-state index in [2.05, 4.69) is 24.1 Å². The number of carbonyl (C=O) groups is 1. The number of hydrogen-bond donors (Lipinski definition) is 1. The van der Waals surface area contributed by atoms with Crippen LogP contribution in [0.25, 0.3) is 0 Å². The molecule has 0 saturated carbocycles. The van der Waals surface area contributed by atoms with Gasteiger partial charge in [0.1, 0.15) is 0 Å².